The van der Waals surface area contributed by atoms with Gasteiger partial charge in [0.25, 0.3) is 0 Å². The second-order valence-corrected chi connectivity index (χ2v) is 8.83. The van der Waals surface area contributed by atoms with Crippen LogP contribution in [-0.4, -0.2) is 48.1 Å². The van der Waals surface area contributed by atoms with Gasteiger partial charge in [0.1, 0.15) is 0 Å². The Hall–Kier alpha value is -2.47. The second kappa shape index (κ2) is 8.91. The maximum atomic E-state index is 13.0. The van der Waals surface area contributed by atoms with E-state index in [2.05, 4.69) is 29.3 Å². The zero-order valence-corrected chi connectivity index (χ0v) is 17.5. The van der Waals surface area contributed by atoms with Gasteiger partial charge < -0.3 is 15.1 Å². The number of thioether (sulfide) groups is 1. The van der Waals surface area contributed by atoms with Crippen molar-refractivity contribution in [1.82, 2.24) is 4.90 Å². The van der Waals surface area contributed by atoms with Gasteiger partial charge in [0.15, 0.2) is 0 Å². The van der Waals surface area contributed by atoms with Gasteiger partial charge >= 0.3 is 0 Å². The van der Waals surface area contributed by atoms with Crippen molar-refractivity contribution in [1.29, 1.82) is 0 Å². The number of carbonyl (C=O) groups is 2. The molecule has 1 N–H and O–H groups in total. The highest BCUT2D eigenvalue weighted by atomic mass is 32.2. The summed E-state index contributed by atoms with van der Waals surface area (Å²) in [5, 5.41) is 2.99. The molecule has 5 nitrogen and oxygen atoms in total. The molecule has 2 amide bonds. The molecule has 2 aliphatic rings. The van der Waals surface area contributed by atoms with Gasteiger partial charge in [-0.3, -0.25) is 9.59 Å². The van der Waals surface area contributed by atoms with Gasteiger partial charge in [-0.2, -0.15) is 0 Å². The van der Waals surface area contributed by atoms with Crippen LogP contribution >= 0.6 is 11.8 Å². The first-order valence-electron chi connectivity index (χ1n) is 10.2. The van der Waals surface area contributed by atoms with E-state index in [1.165, 1.54) is 4.90 Å². The molecule has 0 aliphatic carbocycles. The topological polar surface area (TPSA) is 52.7 Å². The third-order valence-corrected chi connectivity index (χ3v) is 7.06. The molecule has 29 heavy (non-hydrogen) atoms. The minimum absolute atomic E-state index is 0.0368. The Balaban J connectivity index is 1.32. The predicted molar refractivity (Wildman–Crippen MR) is 118 cm³/mol. The van der Waals surface area contributed by atoms with Gasteiger partial charge in [0.2, 0.25) is 11.8 Å². The third kappa shape index (κ3) is 4.58. The van der Waals surface area contributed by atoms with Crippen molar-refractivity contribution in [3.8, 4) is 0 Å². The van der Waals surface area contributed by atoms with Crippen molar-refractivity contribution in [2.24, 2.45) is 5.92 Å². The van der Waals surface area contributed by atoms with E-state index in [9.17, 15) is 9.59 Å². The largest absolute Gasteiger partial charge is 0.358 e. The molecule has 0 saturated carbocycles. The lowest BCUT2D eigenvalue weighted by Crippen LogP contribution is -2.49. The number of hydrogen-bond acceptors (Lipinski definition) is 4. The number of fused-ring (bicyclic) bond motifs is 1. The van der Waals surface area contributed by atoms with Crippen molar-refractivity contribution >= 4 is 35.0 Å². The average Bonchev–Trinajstić information content (AvgIpc) is 2.76. The molecule has 2 aromatic rings. The second-order valence-electron chi connectivity index (χ2n) is 7.77. The van der Waals surface area contributed by atoms with Gasteiger partial charge in [0, 0.05) is 41.4 Å². The molecule has 2 heterocycles. The van der Waals surface area contributed by atoms with E-state index in [1.54, 1.807) is 0 Å². The standard InChI is InChI=1S/C23H27N3O2S/c1-17-16-29-21-10-6-5-9-20(21)26(17)15-22(27)25-13-11-18(12-14-25)23(28)24-19-7-3-2-4-8-19/h2-10,17-18H,11-16H2,1H3,(H,24,28). The number of amides is 2. The van der Waals surface area contributed by atoms with Crippen LogP contribution in [0.4, 0.5) is 11.4 Å². The van der Waals surface area contributed by atoms with Crippen LogP contribution in [0.5, 0.6) is 0 Å². The Morgan fingerprint density at radius 1 is 1.03 bits per heavy atom. The number of rotatable bonds is 4. The van der Waals surface area contributed by atoms with Gasteiger partial charge in [-0.05, 0) is 44.0 Å². The van der Waals surface area contributed by atoms with Crippen molar-refractivity contribution in [2.75, 3.05) is 35.6 Å². The Morgan fingerprint density at radius 2 is 1.72 bits per heavy atom. The Morgan fingerprint density at radius 3 is 2.48 bits per heavy atom. The first-order chi connectivity index (χ1) is 14.1. The van der Waals surface area contributed by atoms with Crippen LogP contribution in [-0.2, 0) is 9.59 Å². The number of para-hydroxylation sites is 2. The van der Waals surface area contributed by atoms with E-state index in [4.69, 9.17) is 0 Å². The fourth-order valence-corrected chi connectivity index (χ4v) is 5.11. The van der Waals surface area contributed by atoms with Crippen molar-refractivity contribution < 1.29 is 9.59 Å². The zero-order chi connectivity index (χ0) is 20.2. The summed E-state index contributed by atoms with van der Waals surface area (Å²) in [6.45, 7) is 3.87. The van der Waals surface area contributed by atoms with E-state index in [0.717, 1.165) is 17.1 Å². The van der Waals surface area contributed by atoms with Crippen molar-refractivity contribution in [3.05, 3.63) is 54.6 Å². The summed E-state index contributed by atoms with van der Waals surface area (Å²) in [5.74, 6) is 1.16. The molecule has 4 rings (SSSR count). The molecular formula is C23H27N3O2S. The third-order valence-electron chi connectivity index (χ3n) is 5.75. The summed E-state index contributed by atoms with van der Waals surface area (Å²) in [7, 11) is 0. The normalized spacial score (nSPS) is 19.6. The highest BCUT2D eigenvalue weighted by molar-refractivity contribution is 7.99. The van der Waals surface area contributed by atoms with Crippen LogP contribution in [0.3, 0.4) is 0 Å². The number of hydrogen-bond donors (Lipinski definition) is 1. The Labute approximate surface area is 176 Å². The average molecular weight is 410 g/mol. The number of nitrogens with zero attached hydrogens (tertiary/aromatic N) is 2. The fraction of sp³-hybridized carbons (Fsp3) is 0.391. The van der Waals surface area contributed by atoms with E-state index >= 15 is 0 Å². The van der Waals surface area contributed by atoms with E-state index in [1.807, 2.05) is 59.1 Å². The van der Waals surface area contributed by atoms with Crippen LogP contribution in [0.2, 0.25) is 0 Å². The van der Waals surface area contributed by atoms with E-state index in [0.29, 0.717) is 38.5 Å². The molecule has 1 fully saturated rings. The monoisotopic (exact) mass is 409 g/mol. The minimum atomic E-state index is -0.0368. The van der Waals surface area contributed by atoms with E-state index < -0.39 is 0 Å². The Bertz CT molecular complexity index is 865. The molecule has 0 radical (unpaired) electrons. The number of benzene rings is 2. The highest BCUT2D eigenvalue weighted by Crippen LogP contribution is 2.37. The summed E-state index contributed by atoms with van der Waals surface area (Å²) in [4.78, 5) is 30.9. The lowest BCUT2D eigenvalue weighted by Gasteiger charge is -2.38. The lowest BCUT2D eigenvalue weighted by atomic mass is 9.95. The van der Waals surface area contributed by atoms with Crippen molar-refractivity contribution in [3.63, 3.8) is 0 Å². The molecule has 0 bridgehead atoms. The molecule has 1 unspecified atom stereocenters. The van der Waals surface area contributed by atoms with Crippen LogP contribution in [0.25, 0.3) is 0 Å². The molecule has 1 atom stereocenters. The summed E-state index contributed by atoms with van der Waals surface area (Å²) in [6.07, 6.45) is 1.43. The maximum Gasteiger partial charge on any atom is 0.242 e. The van der Waals surface area contributed by atoms with Crippen LogP contribution in [0, 0.1) is 5.92 Å². The number of piperidine rings is 1. The smallest absolute Gasteiger partial charge is 0.242 e. The Kier molecular flexibility index (Phi) is 6.09. The van der Waals surface area contributed by atoms with Gasteiger partial charge in [-0.15, -0.1) is 11.8 Å². The summed E-state index contributed by atoms with van der Waals surface area (Å²) >= 11 is 1.86. The molecule has 2 aliphatic heterocycles. The lowest BCUT2D eigenvalue weighted by molar-refractivity contribution is -0.133. The minimum Gasteiger partial charge on any atom is -0.358 e. The molecule has 6 heteroatoms. The summed E-state index contributed by atoms with van der Waals surface area (Å²) < 4.78 is 0. The first kappa shape index (κ1) is 19.8. The van der Waals surface area contributed by atoms with Crippen LogP contribution in [0.1, 0.15) is 19.8 Å². The maximum absolute atomic E-state index is 13.0. The van der Waals surface area contributed by atoms with E-state index in [-0.39, 0.29) is 17.7 Å². The van der Waals surface area contributed by atoms with Gasteiger partial charge in [0.05, 0.1) is 12.2 Å². The van der Waals surface area contributed by atoms with Gasteiger partial charge in [-0.25, -0.2) is 0 Å². The number of likely N-dealkylation sites (tertiary alicyclic amines) is 1. The molecule has 0 aromatic heterocycles. The summed E-state index contributed by atoms with van der Waals surface area (Å²) in [6, 6.07) is 18.2. The molecule has 1 saturated heterocycles. The quantitative estimate of drug-likeness (QED) is 0.833. The molecular weight excluding hydrogens is 382 g/mol. The van der Waals surface area contributed by atoms with Crippen LogP contribution < -0.4 is 10.2 Å². The number of nitrogens with one attached hydrogen (secondary N) is 1. The highest BCUT2D eigenvalue weighted by Gasteiger charge is 2.30. The summed E-state index contributed by atoms with van der Waals surface area (Å²) in [5.41, 5.74) is 1.98. The van der Waals surface area contributed by atoms with Gasteiger partial charge in [-0.1, -0.05) is 30.3 Å². The molecule has 152 valence electrons. The molecule has 0 spiro atoms. The van der Waals surface area contributed by atoms with Crippen LogP contribution in [0.15, 0.2) is 59.5 Å². The first-order valence-corrected chi connectivity index (χ1v) is 11.2. The predicted octanol–water partition coefficient (Wildman–Crippen LogP) is 3.86. The fourth-order valence-electron chi connectivity index (χ4n) is 4.00. The molecule has 2 aromatic carbocycles. The number of anilines is 2. The SMILES string of the molecule is CC1CSc2ccccc2N1CC(=O)N1CCC(C(=O)Nc2ccccc2)CC1. The van der Waals surface area contributed by atoms with Crippen molar-refractivity contribution in [2.45, 2.75) is 30.7 Å². The number of carbonyl (C=O) groups excluding carboxylic acids is 2. The zero-order valence-electron chi connectivity index (χ0n) is 16.7.